The van der Waals surface area contributed by atoms with Gasteiger partial charge in [0.25, 0.3) is 0 Å². The lowest BCUT2D eigenvalue weighted by atomic mass is 10.1. The van der Waals surface area contributed by atoms with Crippen molar-refractivity contribution >= 4 is 5.78 Å². The second-order valence-corrected chi connectivity index (χ2v) is 3.85. The number of nitrogens with zero attached hydrogens (tertiary/aromatic N) is 1. The summed E-state index contributed by atoms with van der Waals surface area (Å²) >= 11 is 0. The molecule has 1 aromatic rings. The van der Waals surface area contributed by atoms with Crippen molar-refractivity contribution in [3.63, 3.8) is 0 Å². The summed E-state index contributed by atoms with van der Waals surface area (Å²) in [6.45, 7) is 2.97. The lowest BCUT2D eigenvalue weighted by Crippen LogP contribution is -2.32. The third-order valence-electron chi connectivity index (χ3n) is 2.65. The van der Waals surface area contributed by atoms with E-state index in [1.54, 1.807) is 24.4 Å². The molecule has 4 heteroatoms. The Labute approximate surface area is 100 Å². The molecule has 0 saturated carbocycles. The van der Waals surface area contributed by atoms with E-state index >= 15 is 0 Å². The fourth-order valence-corrected chi connectivity index (χ4v) is 1.67. The molecular weight excluding hydrogens is 218 g/mol. The van der Waals surface area contributed by atoms with E-state index in [0.29, 0.717) is 18.8 Å². The highest BCUT2D eigenvalue weighted by molar-refractivity contribution is 6.06. The Kier molecular flexibility index (Phi) is 3.77. The van der Waals surface area contributed by atoms with E-state index in [4.69, 9.17) is 4.74 Å². The van der Waals surface area contributed by atoms with Crippen LogP contribution in [0, 0.1) is 0 Å². The largest absolute Gasteiger partial charge is 0.507 e. The highest BCUT2D eigenvalue weighted by Crippen LogP contribution is 2.16. The van der Waals surface area contributed by atoms with E-state index in [9.17, 15) is 9.90 Å². The van der Waals surface area contributed by atoms with Crippen molar-refractivity contribution in [3.05, 3.63) is 42.1 Å². The first-order valence-electron chi connectivity index (χ1n) is 5.60. The minimum absolute atomic E-state index is 0.0177. The number of phenolic OH excluding ortho intramolecular Hbond substituents is 1. The molecule has 0 aromatic heterocycles. The fraction of sp³-hybridized carbons (Fsp3) is 0.308. The molecule has 0 amide bonds. The van der Waals surface area contributed by atoms with E-state index in [0.717, 1.165) is 13.1 Å². The van der Waals surface area contributed by atoms with E-state index in [2.05, 4.69) is 0 Å². The van der Waals surface area contributed by atoms with Gasteiger partial charge in [0, 0.05) is 25.4 Å². The predicted molar refractivity (Wildman–Crippen MR) is 64.0 cm³/mol. The van der Waals surface area contributed by atoms with Crippen LogP contribution in [0.5, 0.6) is 5.75 Å². The van der Waals surface area contributed by atoms with Gasteiger partial charge in [-0.05, 0) is 12.1 Å². The summed E-state index contributed by atoms with van der Waals surface area (Å²) in [5, 5.41) is 9.53. The lowest BCUT2D eigenvalue weighted by Gasteiger charge is -2.24. The number of phenols is 1. The normalized spacial score (nSPS) is 16.4. The molecule has 0 radical (unpaired) electrons. The average molecular weight is 233 g/mol. The van der Waals surface area contributed by atoms with Crippen molar-refractivity contribution in [2.24, 2.45) is 0 Å². The molecule has 17 heavy (non-hydrogen) atoms. The van der Waals surface area contributed by atoms with Gasteiger partial charge >= 0.3 is 0 Å². The molecule has 1 aliphatic rings. The summed E-state index contributed by atoms with van der Waals surface area (Å²) in [7, 11) is 0. The van der Waals surface area contributed by atoms with Crippen LogP contribution < -0.4 is 0 Å². The van der Waals surface area contributed by atoms with Crippen LogP contribution in [0.25, 0.3) is 0 Å². The lowest BCUT2D eigenvalue weighted by molar-refractivity contribution is 0.0591. The van der Waals surface area contributed by atoms with Crippen molar-refractivity contribution < 1.29 is 14.6 Å². The zero-order chi connectivity index (χ0) is 12.1. The van der Waals surface area contributed by atoms with E-state index in [-0.39, 0.29) is 11.5 Å². The van der Waals surface area contributed by atoms with Gasteiger partial charge in [-0.1, -0.05) is 12.1 Å². The van der Waals surface area contributed by atoms with Crippen LogP contribution in [-0.4, -0.2) is 42.1 Å². The van der Waals surface area contributed by atoms with Crippen LogP contribution in [0.1, 0.15) is 10.4 Å². The third-order valence-corrected chi connectivity index (χ3v) is 2.65. The first-order valence-corrected chi connectivity index (χ1v) is 5.60. The maximum Gasteiger partial charge on any atom is 0.190 e. The van der Waals surface area contributed by atoms with Crippen molar-refractivity contribution in [2.75, 3.05) is 26.3 Å². The topological polar surface area (TPSA) is 49.8 Å². The Balaban J connectivity index is 2.01. The van der Waals surface area contributed by atoms with Gasteiger partial charge in [0.1, 0.15) is 5.75 Å². The van der Waals surface area contributed by atoms with Gasteiger partial charge in [0.05, 0.1) is 18.8 Å². The maximum absolute atomic E-state index is 11.8. The molecule has 0 atom stereocenters. The molecule has 0 unspecified atom stereocenters. The Morgan fingerprint density at radius 1 is 1.29 bits per heavy atom. The van der Waals surface area contributed by atoms with Crippen LogP contribution in [0.2, 0.25) is 0 Å². The molecule has 1 N–H and O–H groups in total. The highest BCUT2D eigenvalue weighted by atomic mass is 16.5. The maximum atomic E-state index is 11.8. The molecule has 1 aliphatic heterocycles. The second-order valence-electron chi connectivity index (χ2n) is 3.85. The van der Waals surface area contributed by atoms with Gasteiger partial charge in [-0.15, -0.1) is 0 Å². The molecule has 0 spiro atoms. The minimum atomic E-state index is -0.186. The number of ether oxygens (including phenoxy) is 1. The molecule has 1 saturated heterocycles. The van der Waals surface area contributed by atoms with Gasteiger partial charge in [0.2, 0.25) is 0 Å². The van der Waals surface area contributed by atoms with E-state index in [1.165, 1.54) is 12.1 Å². The van der Waals surface area contributed by atoms with Crippen LogP contribution in [0.4, 0.5) is 0 Å². The van der Waals surface area contributed by atoms with Crippen LogP contribution in [-0.2, 0) is 4.74 Å². The standard InChI is InChI=1S/C13H15NO3/c15-12-4-2-1-3-11(12)13(16)5-6-14-7-9-17-10-8-14/h1-6,15H,7-10H2/b6-5+. The van der Waals surface area contributed by atoms with Crippen molar-refractivity contribution in [1.29, 1.82) is 0 Å². The summed E-state index contributed by atoms with van der Waals surface area (Å²) in [5.41, 5.74) is 0.331. The Morgan fingerprint density at radius 2 is 2.00 bits per heavy atom. The molecule has 0 bridgehead atoms. The summed E-state index contributed by atoms with van der Waals surface area (Å²) in [4.78, 5) is 13.8. The van der Waals surface area contributed by atoms with Crippen LogP contribution >= 0.6 is 0 Å². The smallest absolute Gasteiger partial charge is 0.190 e. The second kappa shape index (κ2) is 5.50. The molecule has 1 heterocycles. The van der Waals surface area contributed by atoms with Crippen LogP contribution in [0.15, 0.2) is 36.5 Å². The number of morpholine rings is 1. The van der Waals surface area contributed by atoms with Crippen molar-refractivity contribution in [1.82, 2.24) is 4.90 Å². The van der Waals surface area contributed by atoms with E-state index in [1.807, 2.05) is 4.90 Å². The van der Waals surface area contributed by atoms with Gasteiger partial charge in [-0.25, -0.2) is 0 Å². The first kappa shape index (κ1) is 11.7. The average Bonchev–Trinajstić information content (AvgIpc) is 2.38. The molecule has 1 fully saturated rings. The first-order chi connectivity index (χ1) is 8.27. The molecule has 4 nitrogen and oxygen atoms in total. The fourth-order valence-electron chi connectivity index (χ4n) is 1.67. The number of benzene rings is 1. The van der Waals surface area contributed by atoms with Gasteiger partial charge < -0.3 is 14.7 Å². The number of rotatable bonds is 3. The number of ketones is 1. The number of aromatic hydroxyl groups is 1. The quantitative estimate of drug-likeness (QED) is 0.633. The van der Waals surface area contributed by atoms with Crippen LogP contribution in [0.3, 0.4) is 0 Å². The number of para-hydroxylation sites is 1. The van der Waals surface area contributed by atoms with E-state index < -0.39 is 0 Å². The predicted octanol–water partition coefficient (Wildman–Crippen LogP) is 1.42. The number of hydrogen-bond acceptors (Lipinski definition) is 4. The third kappa shape index (κ3) is 3.07. The monoisotopic (exact) mass is 233 g/mol. The summed E-state index contributed by atoms with van der Waals surface area (Å²) in [6, 6.07) is 6.55. The summed E-state index contributed by atoms with van der Waals surface area (Å²) < 4.78 is 5.21. The zero-order valence-electron chi connectivity index (χ0n) is 9.50. The van der Waals surface area contributed by atoms with Gasteiger partial charge in [-0.3, -0.25) is 4.79 Å². The molecule has 90 valence electrons. The molecule has 1 aromatic carbocycles. The summed E-state index contributed by atoms with van der Waals surface area (Å²) in [5.74, 6) is -0.168. The molecular formula is C13H15NO3. The Morgan fingerprint density at radius 3 is 2.71 bits per heavy atom. The minimum Gasteiger partial charge on any atom is -0.507 e. The van der Waals surface area contributed by atoms with Crippen molar-refractivity contribution in [2.45, 2.75) is 0 Å². The number of carbonyl (C=O) groups is 1. The van der Waals surface area contributed by atoms with Gasteiger partial charge in [-0.2, -0.15) is 0 Å². The number of carbonyl (C=O) groups excluding carboxylic acids is 1. The number of hydrogen-bond donors (Lipinski definition) is 1. The SMILES string of the molecule is O=C(/C=C/N1CCOCC1)c1ccccc1O. The van der Waals surface area contributed by atoms with Crippen molar-refractivity contribution in [3.8, 4) is 5.75 Å². The molecule has 2 rings (SSSR count). The van der Waals surface area contributed by atoms with Gasteiger partial charge in [0.15, 0.2) is 5.78 Å². The Bertz CT molecular complexity index is 422. The molecule has 0 aliphatic carbocycles. The zero-order valence-corrected chi connectivity index (χ0v) is 9.50. The highest BCUT2D eigenvalue weighted by Gasteiger charge is 2.09. The summed E-state index contributed by atoms with van der Waals surface area (Å²) in [6.07, 6.45) is 3.25. The Hall–Kier alpha value is -1.81. The number of allylic oxidation sites excluding steroid dienone is 1.